The van der Waals surface area contributed by atoms with Crippen LogP contribution in [-0.4, -0.2) is 38.1 Å². The van der Waals surface area contributed by atoms with Crippen molar-refractivity contribution < 1.29 is 0 Å². The van der Waals surface area contributed by atoms with Gasteiger partial charge in [-0.2, -0.15) is 0 Å². The number of nitrogens with zero attached hydrogens (tertiary/aromatic N) is 1. The van der Waals surface area contributed by atoms with E-state index in [2.05, 4.69) is 23.8 Å². The summed E-state index contributed by atoms with van der Waals surface area (Å²) in [6.45, 7) is 8.43. The van der Waals surface area contributed by atoms with Crippen LogP contribution in [0.4, 0.5) is 0 Å². The summed E-state index contributed by atoms with van der Waals surface area (Å²) in [5.74, 6) is 0.942. The third-order valence-corrected chi connectivity index (χ3v) is 2.76. The van der Waals surface area contributed by atoms with Gasteiger partial charge in [0, 0.05) is 6.54 Å². The summed E-state index contributed by atoms with van der Waals surface area (Å²) in [4.78, 5) is 2.33. The quantitative estimate of drug-likeness (QED) is 0.626. The van der Waals surface area contributed by atoms with Crippen LogP contribution in [0.5, 0.6) is 0 Å². The Morgan fingerprint density at radius 1 is 1.62 bits per heavy atom. The molecule has 1 heterocycles. The largest absolute Gasteiger partial charge is 0.316 e. The van der Waals surface area contributed by atoms with Crippen LogP contribution in [0.2, 0.25) is 0 Å². The van der Waals surface area contributed by atoms with E-state index in [0.717, 1.165) is 12.5 Å². The van der Waals surface area contributed by atoms with Gasteiger partial charge in [-0.25, -0.2) is 0 Å². The molecule has 2 heteroatoms. The van der Waals surface area contributed by atoms with Gasteiger partial charge in [0.05, 0.1) is 0 Å². The molecule has 0 aromatic carbocycles. The number of nitrogens with one attached hydrogen (secondary N) is 1. The van der Waals surface area contributed by atoms with E-state index in [9.17, 15) is 0 Å². The standard InChI is InChI=1S/C11H22N2/c1-3-8-13(2)9-4-5-11-6-7-12-10-11/h3,11-12H,1,4-10H2,2H3. The normalized spacial score (nSPS) is 22.5. The van der Waals surface area contributed by atoms with E-state index >= 15 is 0 Å². The van der Waals surface area contributed by atoms with Gasteiger partial charge in [0.2, 0.25) is 0 Å². The molecule has 1 unspecified atom stereocenters. The van der Waals surface area contributed by atoms with Gasteiger partial charge in [-0.05, 0) is 51.9 Å². The molecule has 0 aromatic rings. The predicted octanol–water partition coefficient (Wildman–Crippen LogP) is 1.49. The fourth-order valence-electron chi connectivity index (χ4n) is 1.92. The van der Waals surface area contributed by atoms with Crippen LogP contribution in [0.3, 0.4) is 0 Å². The first-order chi connectivity index (χ1) is 6.33. The van der Waals surface area contributed by atoms with Crippen molar-refractivity contribution in [3.05, 3.63) is 12.7 Å². The Hall–Kier alpha value is -0.340. The average molecular weight is 182 g/mol. The molecule has 0 aromatic heterocycles. The zero-order valence-electron chi connectivity index (χ0n) is 8.76. The Morgan fingerprint density at radius 2 is 2.46 bits per heavy atom. The summed E-state index contributed by atoms with van der Waals surface area (Å²) in [5.41, 5.74) is 0. The van der Waals surface area contributed by atoms with Crippen LogP contribution in [0, 0.1) is 5.92 Å². The molecule has 1 atom stereocenters. The molecule has 13 heavy (non-hydrogen) atoms. The van der Waals surface area contributed by atoms with Crippen LogP contribution < -0.4 is 5.32 Å². The van der Waals surface area contributed by atoms with E-state index < -0.39 is 0 Å². The summed E-state index contributed by atoms with van der Waals surface area (Å²) in [7, 11) is 2.16. The highest BCUT2D eigenvalue weighted by atomic mass is 15.1. The van der Waals surface area contributed by atoms with Gasteiger partial charge in [0.15, 0.2) is 0 Å². The van der Waals surface area contributed by atoms with Gasteiger partial charge in [-0.1, -0.05) is 6.08 Å². The summed E-state index contributed by atoms with van der Waals surface area (Å²) < 4.78 is 0. The second-order valence-electron chi connectivity index (χ2n) is 4.05. The second-order valence-corrected chi connectivity index (χ2v) is 4.05. The molecule has 0 aliphatic carbocycles. The van der Waals surface area contributed by atoms with E-state index in [0.29, 0.717) is 0 Å². The van der Waals surface area contributed by atoms with E-state index in [4.69, 9.17) is 0 Å². The highest BCUT2D eigenvalue weighted by Gasteiger charge is 2.13. The summed E-state index contributed by atoms with van der Waals surface area (Å²) in [6.07, 6.45) is 6.06. The lowest BCUT2D eigenvalue weighted by Gasteiger charge is -2.15. The fourth-order valence-corrected chi connectivity index (χ4v) is 1.92. The highest BCUT2D eigenvalue weighted by molar-refractivity contribution is 4.73. The average Bonchev–Trinajstić information content (AvgIpc) is 2.57. The van der Waals surface area contributed by atoms with Crippen LogP contribution in [0.15, 0.2) is 12.7 Å². The van der Waals surface area contributed by atoms with E-state index in [1.165, 1.54) is 38.9 Å². The Labute approximate surface area is 82.0 Å². The maximum atomic E-state index is 3.73. The first kappa shape index (κ1) is 10.7. The number of hydrogen-bond acceptors (Lipinski definition) is 2. The van der Waals surface area contributed by atoms with E-state index in [1.807, 2.05) is 6.08 Å². The molecule has 76 valence electrons. The first-order valence-corrected chi connectivity index (χ1v) is 5.33. The van der Waals surface area contributed by atoms with Gasteiger partial charge in [-0.3, -0.25) is 0 Å². The van der Waals surface area contributed by atoms with Gasteiger partial charge in [-0.15, -0.1) is 6.58 Å². The summed E-state index contributed by atoms with van der Waals surface area (Å²) in [6, 6.07) is 0. The molecule has 2 nitrogen and oxygen atoms in total. The third-order valence-electron chi connectivity index (χ3n) is 2.76. The van der Waals surface area contributed by atoms with Crippen LogP contribution >= 0.6 is 0 Å². The lowest BCUT2D eigenvalue weighted by atomic mass is 10.0. The zero-order valence-corrected chi connectivity index (χ0v) is 8.76. The van der Waals surface area contributed by atoms with Crippen molar-refractivity contribution in [2.45, 2.75) is 19.3 Å². The highest BCUT2D eigenvalue weighted by Crippen LogP contribution is 2.14. The van der Waals surface area contributed by atoms with Gasteiger partial charge < -0.3 is 10.2 Å². The van der Waals surface area contributed by atoms with E-state index in [-0.39, 0.29) is 0 Å². The molecule has 1 fully saturated rings. The van der Waals surface area contributed by atoms with Crippen molar-refractivity contribution >= 4 is 0 Å². The topological polar surface area (TPSA) is 15.3 Å². The lowest BCUT2D eigenvalue weighted by molar-refractivity contribution is 0.344. The molecule has 0 saturated carbocycles. The van der Waals surface area contributed by atoms with Gasteiger partial charge in [0.1, 0.15) is 0 Å². The molecule has 1 aliphatic heterocycles. The zero-order chi connectivity index (χ0) is 9.52. The molecule has 0 bridgehead atoms. The molecule has 1 rings (SSSR count). The first-order valence-electron chi connectivity index (χ1n) is 5.33. The van der Waals surface area contributed by atoms with Crippen molar-refractivity contribution in [3.8, 4) is 0 Å². The third kappa shape index (κ3) is 4.44. The van der Waals surface area contributed by atoms with Gasteiger partial charge in [0.25, 0.3) is 0 Å². The van der Waals surface area contributed by atoms with E-state index in [1.54, 1.807) is 0 Å². The fraction of sp³-hybridized carbons (Fsp3) is 0.818. The molecule has 0 radical (unpaired) electrons. The monoisotopic (exact) mass is 182 g/mol. The molecule has 1 aliphatic rings. The summed E-state index contributed by atoms with van der Waals surface area (Å²) >= 11 is 0. The van der Waals surface area contributed by atoms with Crippen molar-refractivity contribution in [2.75, 3.05) is 33.2 Å². The molecular formula is C11H22N2. The summed E-state index contributed by atoms with van der Waals surface area (Å²) in [5, 5.41) is 3.41. The Balaban J connectivity index is 1.96. The van der Waals surface area contributed by atoms with Crippen LogP contribution in [-0.2, 0) is 0 Å². The lowest BCUT2D eigenvalue weighted by Crippen LogP contribution is -2.20. The Bertz CT molecular complexity index is 139. The van der Waals surface area contributed by atoms with Gasteiger partial charge >= 0.3 is 0 Å². The van der Waals surface area contributed by atoms with Crippen LogP contribution in [0.1, 0.15) is 19.3 Å². The molecular weight excluding hydrogens is 160 g/mol. The van der Waals surface area contributed by atoms with Crippen LogP contribution in [0.25, 0.3) is 0 Å². The van der Waals surface area contributed by atoms with Crippen molar-refractivity contribution in [3.63, 3.8) is 0 Å². The van der Waals surface area contributed by atoms with Crippen molar-refractivity contribution in [1.82, 2.24) is 10.2 Å². The molecule has 0 amide bonds. The molecule has 1 saturated heterocycles. The number of rotatable bonds is 6. The Kier molecular flexibility index (Phi) is 5.09. The minimum absolute atomic E-state index is 0.942. The maximum Gasteiger partial charge on any atom is 0.0157 e. The predicted molar refractivity (Wildman–Crippen MR) is 57.9 cm³/mol. The van der Waals surface area contributed by atoms with Crippen molar-refractivity contribution in [1.29, 1.82) is 0 Å². The smallest absolute Gasteiger partial charge is 0.0157 e. The minimum atomic E-state index is 0.942. The van der Waals surface area contributed by atoms with Crippen molar-refractivity contribution in [2.24, 2.45) is 5.92 Å². The SMILES string of the molecule is C=CCN(C)CCCC1CCNC1. The number of hydrogen-bond donors (Lipinski definition) is 1. The maximum absolute atomic E-state index is 3.73. The molecule has 0 spiro atoms. The number of likely N-dealkylation sites (N-methyl/N-ethyl adjacent to an activating group) is 1. The second kappa shape index (κ2) is 6.17. The Morgan fingerprint density at radius 3 is 3.08 bits per heavy atom. The molecule has 1 N–H and O–H groups in total. The minimum Gasteiger partial charge on any atom is -0.316 e.